The van der Waals surface area contributed by atoms with Crippen LogP contribution in [0.2, 0.25) is 4.34 Å². The summed E-state index contributed by atoms with van der Waals surface area (Å²) in [6.07, 6.45) is 2.41. The Morgan fingerprint density at radius 1 is 1.56 bits per heavy atom. The summed E-state index contributed by atoms with van der Waals surface area (Å²) in [4.78, 5) is 12.5. The van der Waals surface area contributed by atoms with Crippen molar-refractivity contribution in [1.29, 1.82) is 0 Å². The van der Waals surface area contributed by atoms with Gasteiger partial charge in [-0.15, -0.1) is 11.3 Å². The lowest BCUT2D eigenvalue weighted by Gasteiger charge is -2.39. The highest BCUT2D eigenvalue weighted by Crippen LogP contribution is 2.38. The van der Waals surface area contributed by atoms with Gasteiger partial charge in [-0.2, -0.15) is 0 Å². The Bertz CT molecular complexity index is 420. The van der Waals surface area contributed by atoms with Crippen LogP contribution in [0.15, 0.2) is 12.1 Å². The van der Waals surface area contributed by atoms with Gasteiger partial charge < -0.3 is 10.1 Å². The van der Waals surface area contributed by atoms with Crippen molar-refractivity contribution in [2.45, 2.75) is 25.0 Å². The molecule has 0 bridgehead atoms. The molecule has 1 aliphatic heterocycles. The first-order valence-corrected chi connectivity index (χ1v) is 6.61. The molecule has 1 aliphatic carbocycles. The van der Waals surface area contributed by atoms with Gasteiger partial charge in [0, 0.05) is 18.6 Å². The Morgan fingerprint density at radius 2 is 2.44 bits per heavy atom. The van der Waals surface area contributed by atoms with E-state index in [1.165, 1.54) is 11.3 Å². The fourth-order valence-corrected chi connectivity index (χ4v) is 3.39. The molecule has 2 fully saturated rings. The molecule has 3 rings (SSSR count). The average molecular weight is 258 g/mol. The zero-order valence-corrected chi connectivity index (χ0v) is 10.2. The van der Waals surface area contributed by atoms with Crippen LogP contribution < -0.4 is 5.32 Å². The second-order valence-electron chi connectivity index (χ2n) is 4.28. The van der Waals surface area contributed by atoms with Gasteiger partial charge in [-0.25, -0.2) is 0 Å². The van der Waals surface area contributed by atoms with Crippen molar-refractivity contribution < 1.29 is 9.53 Å². The normalized spacial score (nSPS) is 31.9. The minimum atomic E-state index is -0.00718. The number of hydrogen-bond donors (Lipinski definition) is 1. The fourth-order valence-electron chi connectivity index (χ4n) is 2.44. The molecule has 2 heterocycles. The Labute approximate surface area is 103 Å². The number of thiophene rings is 1. The number of fused-ring (bicyclic) bond motifs is 1. The molecule has 86 valence electrons. The van der Waals surface area contributed by atoms with Gasteiger partial charge in [0.2, 0.25) is 0 Å². The van der Waals surface area contributed by atoms with E-state index in [0.717, 1.165) is 19.4 Å². The summed E-state index contributed by atoms with van der Waals surface area (Å²) in [5.41, 5.74) is 0. The Hall–Kier alpha value is -0.580. The first kappa shape index (κ1) is 10.6. The predicted molar refractivity (Wildman–Crippen MR) is 63.0 cm³/mol. The summed E-state index contributed by atoms with van der Waals surface area (Å²) in [7, 11) is 0. The van der Waals surface area contributed by atoms with E-state index in [1.807, 2.05) is 0 Å². The minimum Gasteiger partial charge on any atom is -0.378 e. The first-order chi connectivity index (χ1) is 7.74. The van der Waals surface area contributed by atoms with Crippen LogP contribution in [0.25, 0.3) is 0 Å². The van der Waals surface area contributed by atoms with Gasteiger partial charge in [0.1, 0.15) is 0 Å². The summed E-state index contributed by atoms with van der Waals surface area (Å²) in [6.45, 7) is 0.840. The molecule has 0 radical (unpaired) electrons. The number of hydrogen-bond acceptors (Lipinski definition) is 3. The van der Waals surface area contributed by atoms with Crippen LogP contribution in [0.4, 0.5) is 0 Å². The maximum atomic E-state index is 11.8. The third kappa shape index (κ3) is 1.75. The largest absolute Gasteiger partial charge is 0.378 e. The summed E-state index contributed by atoms with van der Waals surface area (Å²) in [6, 6.07) is 3.81. The maximum Gasteiger partial charge on any atom is 0.261 e. The topological polar surface area (TPSA) is 38.3 Å². The van der Waals surface area contributed by atoms with Crippen LogP contribution in [0, 0.1) is 5.92 Å². The number of rotatable bonds is 2. The van der Waals surface area contributed by atoms with Crippen molar-refractivity contribution in [3.05, 3.63) is 21.3 Å². The number of amides is 1. The quantitative estimate of drug-likeness (QED) is 0.883. The lowest BCUT2D eigenvalue weighted by molar-refractivity contribution is 0.00816. The van der Waals surface area contributed by atoms with Crippen LogP contribution in [0.3, 0.4) is 0 Å². The zero-order chi connectivity index (χ0) is 11.1. The van der Waals surface area contributed by atoms with Gasteiger partial charge in [-0.3, -0.25) is 4.79 Å². The van der Waals surface area contributed by atoms with Crippen molar-refractivity contribution in [2.75, 3.05) is 6.61 Å². The van der Waals surface area contributed by atoms with Crippen molar-refractivity contribution in [1.82, 2.24) is 5.32 Å². The molecule has 1 saturated carbocycles. The van der Waals surface area contributed by atoms with E-state index < -0.39 is 0 Å². The van der Waals surface area contributed by atoms with Gasteiger partial charge in [-0.05, 0) is 25.0 Å². The number of carbonyl (C=O) groups is 1. The van der Waals surface area contributed by atoms with E-state index in [4.69, 9.17) is 16.3 Å². The highest BCUT2D eigenvalue weighted by atomic mass is 35.5. The molecule has 0 aromatic carbocycles. The summed E-state index contributed by atoms with van der Waals surface area (Å²) in [5, 5.41) is 3.05. The van der Waals surface area contributed by atoms with Crippen LogP contribution >= 0.6 is 22.9 Å². The maximum absolute atomic E-state index is 11.8. The number of nitrogens with one attached hydrogen (secondary N) is 1. The molecule has 1 saturated heterocycles. The number of ether oxygens (including phenoxy) is 1. The van der Waals surface area contributed by atoms with Crippen molar-refractivity contribution in [2.24, 2.45) is 5.92 Å². The summed E-state index contributed by atoms with van der Waals surface area (Å²) < 4.78 is 6.16. The van der Waals surface area contributed by atoms with E-state index in [1.54, 1.807) is 12.1 Å². The molecule has 2 aliphatic rings. The highest BCUT2D eigenvalue weighted by Gasteiger charge is 2.45. The van der Waals surface area contributed by atoms with E-state index >= 15 is 0 Å². The second kappa shape index (κ2) is 4.02. The smallest absolute Gasteiger partial charge is 0.261 e. The number of carbonyl (C=O) groups excluding carboxylic acids is 1. The molecular formula is C11H12ClNO2S. The molecule has 3 nitrogen and oxygen atoms in total. The molecule has 5 heteroatoms. The molecule has 1 amide bonds. The number of halogens is 1. The monoisotopic (exact) mass is 257 g/mol. The summed E-state index contributed by atoms with van der Waals surface area (Å²) in [5.74, 6) is 0.520. The van der Waals surface area contributed by atoms with E-state index in [9.17, 15) is 4.79 Å². The zero-order valence-electron chi connectivity index (χ0n) is 8.61. The van der Waals surface area contributed by atoms with Gasteiger partial charge in [0.15, 0.2) is 0 Å². The molecule has 1 N–H and O–H groups in total. The van der Waals surface area contributed by atoms with Gasteiger partial charge >= 0.3 is 0 Å². The molecule has 1 aromatic heterocycles. The van der Waals surface area contributed by atoms with E-state index in [2.05, 4.69) is 5.32 Å². The van der Waals surface area contributed by atoms with Crippen LogP contribution in [-0.2, 0) is 4.74 Å². The van der Waals surface area contributed by atoms with Crippen LogP contribution in [0.1, 0.15) is 22.5 Å². The van der Waals surface area contributed by atoms with Crippen molar-refractivity contribution in [3.8, 4) is 0 Å². The highest BCUT2D eigenvalue weighted by molar-refractivity contribution is 7.17. The molecule has 0 unspecified atom stereocenters. The second-order valence-corrected chi connectivity index (χ2v) is 6.00. The predicted octanol–water partition coefficient (Wildman–Crippen LogP) is 2.31. The standard InChI is InChI=1S/C11H12ClNO2S/c12-10-2-1-9(16-10)11(14)13-7-5-8-6(7)3-4-15-8/h1-2,6-8H,3-5H2,(H,13,14)/t6-,7+,8+/m0/s1. The Morgan fingerprint density at radius 3 is 3.12 bits per heavy atom. The molecule has 3 atom stereocenters. The van der Waals surface area contributed by atoms with Crippen molar-refractivity contribution >= 4 is 28.8 Å². The van der Waals surface area contributed by atoms with Gasteiger partial charge in [0.05, 0.1) is 15.3 Å². The third-order valence-electron chi connectivity index (χ3n) is 3.38. The first-order valence-electron chi connectivity index (χ1n) is 5.42. The third-order valence-corrected chi connectivity index (χ3v) is 4.61. The van der Waals surface area contributed by atoms with Gasteiger partial charge in [0.25, 0.3) is 5.91 Å². The molecular weight excluding hydrogens is 246 g/mol. The van der Waals surface area contributed by atoms with Gasteiger partial charge in [-0.1, -0.05) is 11.6 Å². The van der Waals surface area contributed by atoms with E-state index in [0.29, 0.717) is 27.3 Å². The minimum absolute atomic E-state index is 0.00718. The average Bonchev–Trinajstić information content (AvgIpc) is 2.81. The van der Waals surface area contributed by atoms with Crippen LogP contribution in [0.5, 0.6) is 0 Å². The fraction of sp³-hybridized carbons (Fsp3) is 0.545. The lowest BCUT2D eigenvalue weighted by Crippen LogP contribution is -2.53. The Balaban J connectivity index is 1.61. The van der Waals surface area contributed by atoms with Crippen molar-refractivity contribution in [3.63, 3.8) is 0 Å². The summed E-state index contributed by atoms with van der Waals surface area (Å²) >= 11 is 7.12. The molecule has 16 heavy (non-hydrogen) atoms. The Kier molecular flexibility index (Phi) is 2.65. The molecule has 1 aromatic rings. The SMILES string of the molecule is O=C(N[C@@H]1C[C@H]2OCC[C@@H]12)c1ccc(Cl)s1. The van der Waals surface area contributed by atoms with Crippen LogP contribution in [-0.4, -0.2) is 24.7 Å². The van der Waals surface area contributed by atoms with E-state index in [-0.39, 0.29) is 5.91 Å². The molecule has 0 spiro atoms. The lowest BCUT2D eigenvalue weighted by atomic mass is 9.76.